The van der Waals surface area contributed by atoms with E-state index in [1.807, 2.05) is 30.1 Å². The maximum Gasteiger partial charge on any atom is 0.324 e. The number of anilines is 1. The number of hydrogen-bond donors (Lipinski definition) is 0. The summed E-state index contributed by atoms with van der Waals surface area (Å²) in [7, 11) is 1.87. The standard InChI is InChI=1S/C16H23BrN2O/c1-16(2,3)13(9-17)11-19-14-8-6-5-7-12(14)10-18(4)15(19)20/h5-8,13H,9-11H2,1-4H3. The maximum absolute atomic E-state index is 12.5. The molecule has 0 N–H and O–H groups in total. The zero-order valence-corrected chi connectivity index (χ0v) is 14.3. The highest BCUT2D eigenvalue weighted by Crippen LogP contribution is 2.33. The zero-order chi connectivity index (χ0) is 14.9. The zero-order valence-electron chi connectivity index (χ0n) is 12.7. The molecule has 110 valence electrons. The van der Waals surface area contributed by atoms with Gasteiger partial charge >= 0.3 is 6.03 Å². The molecule has 0 aromatic heterocycles. The molecule has 0 bridgehead atoms. The normalized spacial score (nSPS) is 17.1. The molecule has 1 unspecified atom stereocenters. The highest BCUT2D eigenvalue weighted by atomic mass is 79.9. The van der Waals surface area contributed by atoms with Crippen LogP contribution in [-0.4, -0.2) is 29.9 Å². The number of urea groups is 1. The predicted octanol–water partition coefficient (Wildman–Crippen LogP) is 4.12. The minimum atomic E-state index is 0.0962. The second kappa shape index (κ2) is 5.76. The van der Waals surface area contributed by atoms with Crippen LogP contribution in [0.1, 0.15) is 26.3 Å². The summed E-state index contributed by atoms with van der Waals surface area (Å²) in [6.45, 7) is 8.11. The van der Waals surface area contributed by atoms with E-state index in [4.69, 9.17) is 0 Å². The number of carbonyl (C=O) groups is 1. The van der Waals surface area contributed by atoms with Crippen LogP contribution in [-0.2, 0) is 6.54 Å². The Morgan fingerprint density at radius 1 is 1.30 bits per heavy atom. The fraction of sp³-hybridized carbons (Fsp3) is 0.562. The number of amides is 2. The van der Waals surface area contributed by atoms with Crippen molar-refractivity contribution in [3.63, 3.8) is 0 Å². The molecule has 1 aromatic carbocycles. The number of carbonyl (C=O) groups excluding carboxylic acids is 1. The lowest BCUT2D eigenvalue weighted by Crippen LogP contribution is -2.49. The van der Waals surface area contributed by atoms with Crippen molar-refractivity contribution in [1.29, 1.82) is 0 Å². The lowest BCUT2D eigenvalue weighted by Gasteiger charge is -2.39. The van der Waals surface area contributed by atoms with Gasteiger partial charge in [-0.15, -0.1) is 0 Å². The van der Waals surface area contributed by atoms with Gasteiger partial charge in [-0.25, -0.2) is 4.79 Å². The average molecular weight is 339 g/mol. The maximum atomic E-state index is 12.5. The monoisotopic (exact) mass is 338 g/mol. The molecule has 0 fully saturated rings. The number of halogens is 1. The van der Waals surface area contributed by atoms with E-state index < -0.39 is 0 Å². The third kappa shape index (κ3) is 3.00. The van der Waals surface area contributed by atoms with Crippen LogP contribution in [0.3, 0.4) is 0 Å². The Morgan fingerprint density at radius 3 is 2.55 bits per heavy atom. The van der Waals surface area contributed by atoms with Crippen molar-refractivity contribution in [3.8, 4) is 0 Å². The van der Waals surface area contributed by atoms with E-state index in [-0.39, 0.29) is 11.4 Å². The van der Waals surface area contributed by atoms with Crippen LogP contribution >= 0.6 is 15.9 Å². The van der Waals surface area contributed by atoms with Gasteiger partial charge in [-0.3, -0.25) is 4.90 Å². The van der Waals surface area contributed by atoms with Crippen molar-refractivity contribution < 1.29 is 4.79 Å². The summed E-state index contributed by atoms with van der Waals surface area (Å²) < 4.78 is 0. The van der Waals surface area contributed by atoms with Gasteiger partial charge in [0.15, 0.2) is 0 Å². The number of hydrogen-bond acceptors (Lipinski definition) is 1. The van der Waals surface area contributed by atoms with Crippen molar-refractivity contribution in [1.82, 2.24) is 4.90 Å². The first-order valence-corrected chi connectivity index (χ1v) is 8.13. The van der Waals surface area contributed by atoms with Gasteiger partial charge in [0, 0.05) is 25.5 Å². The molecule has 0 aliphatic carbocycles. The number of rotatable bonds is 3. The van der Waals surface area contributed by atoms with Crippen molar-refractivity contribution in [2.24, 2.45) is 11.3 Å². The molecular weight excluding hydrogens is 316 g/mol. The molecular formula is C16H23BrN2O. The molecule has 1 atom stereocenters. The number of benzene rings is 1. The summed E-state index contributed by atoms with van der Waals surface area (Å²) in [4.78, 5) is 16.2. The smallest absolute Gasteiger partial charge is 0.323 e. The largest absolute Gasteiger partial charge is 0.324 e. The third-order valence-electron chi connectivity index (χ3n) is 4.06. The van der Waals surface area contributed by atoms with Crippen LogP contribution in [0.4, 0.5) is 10.5 Å². The van der Waals surface area contributed by atoms with Gasteiger partial charge < -0.3 is 4.90 Å². The first-order valence-electron chi connectivity index (χ1n) is 7.01. The molecule has 1 heterocycles. The molecule has 0 saturated carbocycles. The molecule has 1 aliphatic rings. The Balaban J connectivity index is 2.32. The fourth-order valence-corrected chi connectivity index (χ4v) is 3.67. The van der Waals surface area contributed by atoms with Crippen LogP contribution in [0, 0.1) is 11.3 Å². The van der Waals surface area contributed by atoms with Crippen LogP contribution < -0.4 is 4.90 Å². The average Bonchev–Trinajstić information content (AvgIpc) is 2.38. The minimum Gasteiger partial charge on any atom is -0.323 e. The highest BCUT2D eigenvalue weighted by Gasteiger charge is 2.33. The van der Waals surface area contributed by atoms with Crippen molar-refractivity contribution in [2.75, 3.05) is 23.8 Å². The van der Waals surface area contributed by atoms with Crippen LogP contribution in [0.15, 0.2) is 24.3 Å². The van der Waals surface area contributed by atoms with Gasteiger partial charge in [0.1, 0.15) is 0 Å². The van der Waals surface area contributed by atoms with Gasteiger partial charge in [0.2, 0.25) is 0 Å². The molecule has 4 heteroatoms. The second-order valence-corrected chi connectivity index (χ2v) is 7.24. The van der Waals surface area contributed by atoms with Crippen LogP contribution in [0.2, 0.25) is 0 Å². The Morgan fingerprint density at radius 2 is 1.95 bits per heavy atom. The Hall–Kier alpha value is -1.03. The first-order chi connectivity index (χ1) is 9.34. The Labute approximate surface area is 130 Å². The first kappa shape index (κ1) is 15.4. The van der Waals surface area contributed by atoms with E-state index in [1.54, 1.807) is 4.90 Å². The number of fused-ring (bicyclic) bond motifs is 1. The summed E-state index contributed by atoms with van der Waals surface area (Å²) >= 11 is 3.60. The summed E-state index contributed by atoms with van der Waals surface area (Å²) in [5.41, 5.74) is 2.44. The summed E-state index contributed by atoms with van der Waals surface area (Å²) in [6.07, 6.45) is 0. The lowest BCUT2D eigenvalue weighted by molar-refractivity contribution is 0.203. The molecule has 2 amide bonds. The molecule has 0 radical (unpaired) electrons. The van der Waals surface area contributed by atoms with Gasteiger partial charge in [0.25, 0.3) is 0 Å². The highest BCUT2D eigenvalue weighted by molar-refractivity contribution is 9.09. The molecule has 0 spiro atoms. The van der Waals surface area contributed by atoms with E-state index in [2.05, 4.69) is 42.8 Å². The molecule has 0 saturated heterocycles. The summed E-state index contributed by atoms with van der Waals surface area (Å²) in [5.74, 6) is 0.408. The molecule has 20 heavy (non-hydrogen) atoms. The van der Waals surface area contributed by atoms with E-state index in [1.165, 1.54) is 5.56 Å². The molecule has 3 nitrogen and oxygen atoms in total. The lowest BCUT2D eigenvalue weighted by atomic mass is 9.81. The second-order valence-electron chi connectivity index (χ2n) is 6.60. The Kier molecular flexibility index (Phi) is 4.43. The van der Waals surface area contributed by atoms with Crippen molar-refractivity contribution in [3.05, 3.63) is 29.8 Å². The van der Waals surface area contributed by atoms with E-state index in [0.29, 0.717) is 12.5 Å². The third-order valence-corrected chi connectivity index (χ3v) is 4.84. The van der Waals surface area contributed by atoms with Crippen molar-refractivity contribution in [2.45, 2.75) is 27.3 Å². The number of alkyl halides is 1. The van der Waals surface area contributed by atoms with E-state index in [9.17, 15) is 4.79 Å². The summed E-state index contributed by atoms with van der Waals surface area (Å²) in [5, 5.41) is 0.895. The van der Waals surface area contributed by atoms with Gasteiger partial charge in [0.05, 0.1) is 5.69 Å². The van der Waals surface area contributed by atoms with Gasteiger partial charge in [-0.2, -0.15) is 0 Å². The van der Waals surface area contributed by atoms with Crippen LogP contribution in [0.25, 0.3) is 0 Å². The summed E-state index contributed by atoms with van der Waals surface area (Å²) in [6, 6.07) is 8.29. The number of nitrogens with zero attached hydrogens (tertiary/aromatic N) is 2. The fourth-order valence-electron chi connectivity index (χ4n) is 2.49. The molecule has 1 aromatic rings. The van der Waals surface area contributed by atoms with Gasteiger partial charge in [-0.05, 0) is 23.0 Å². The molecule has 1 aliphatic heterocycles. The van der Waals surface area contributed by atoms with Crippen molar-refractivity contribution >= 4 is 27.6 Å². The quantitative estimate of drug-likeness (QED) is 0.760. The molecule has 2 rings (SSSR count). The van der Waals surface area contributed by atoms with E-state index in [0.717, 1.165) is 17.6 Å². The van der Waals surface area contributed by atoms with E-state index >= 15 is 0 Å². The predicted molar refractivity (Wildman–Crippen MR) is 87.4 cm³/mol. The number of para-hydroxylation sites is 1. The SMILES string of the molecule is CN1Cc2ccccc2N(CC(CBr)C(C)(C)C)C1=O. The van der Waals surface area contributed by atoms with Crippen LogP contribution in [0.5, 0.6) is 0 Å². The Bertz CT molecular complexity index is 495. The van der Waals surface area contributed by atoms with Gasteiger partial charge in [-0.1, -0.05) is 54.9 Å². The minimum absolute atomic E-state index is 0.0962. The topological polar surface area (TPSA) is 23.6 Å².